The fourth-order valence-corrected chi connectivity index (χ4v) is 5.69. The van der Waals surface area contributed by atoms with Crippen molar-refractivity contribution >= 4 is 32.0 Å². The highest BCUT2D eigenvalue weighted by atomic mass is 32.2. The summed E-state index contributed by atoms with van der Waals surface area (Å²) in [6.07, 6.45) is 6.82. The molecule has 1 fully saturated rings. The van der Waals surface area contributed by atoms with E-state index in [1.165, 1.54) is 39.6 Å². The van der Waals surface area contributed by atoms with Crippen molar-refractivity contribution in [1.29, 1.82) is 0 Å². The average Bonchev–Trinajstić information content (AvgIpc) is 3.35. The zero-order chi connectivity index (χ0) is 21.8. The van der Waals surface area contributed by atoms with Gasteiger partial charge in [-0.15, -0.1) is 0 Å². The van der Waals surface area contributed by atoms with Crippen molar-refractivity contribution in [3.63, 3.8) is 0 Å². The van der Waals surface area contributed by atoms with E-state index < -0.39 is 10.0 Å². The van der Waals surface area contributed by atoms with Crippen LogP contribution in [0.25, 0.3) is 33.2 Å². The molecule has 0 saturated carbocycles. The molecular formula is C24H28N4O2S. The zero-order valence-electron chi connectivity index (χ0n) is 18.1. The molecule has 4 heterocycles. The van der Waals surface area contributed by atoms with Crippen LogP contribution in [-0.4, -0.2) is 41.7 Å². The lowest BCUT2D eigenvalue weighted by Gasteiger charge is -2.23. The molecule has 7 heteroatoms. The number of aromatic amines is 1. The summed E-state index contributed by atoms with van der Waals surface area (Å²) in [6.45, 7) is 6.57. The molecule has 0 aliphatic carbocycles. The van der Waals surface area contributed by atoms with Crippen LogP contribution < -0.4 is 5.32 Å². The average molecular weight is 437 g/mol. The third-order valence-corrected chi connectivity index (χ3v) is 7.44. The van der Waals surface area contributed by atoms with Crippen molar-refractivity contribution in [2.24, 2.45) is 0 Å². The molecule has 5 rings (SSSR count). The number of fused-ring (bicyclic) bond motifs is 2. The molecule has 4 aromatic rings. The second-order valence-electron chi connectivity index (χ2n) is 8.87. The van der Waals surface area contributed by atoms with Gasteiger partial charge in [-0.05, 0) is 73.2 Å². The van der Waals surface area contributed by atoms with E-state index in [1.807, 2.05) is 12.1 Å². The van der Waals surface area contributed by atoms with Crippen LogP contribution in [0.1, 0.15) is 49.7 Å². The van der Waals surface area contributed by atoms with Crippen LogP contribution in [0, 0.1) is 0 Å². The molecule has 0 atom stereocenters. The van der Waals surface area contributed by atoms with E-state index in [2.05, 4.69) is 47.3 Å². The lowest BCUT2D eigenvalue weighted by Crippen LogP contribution is -2.26. The predicted octanol–water partition coefficient (Wildman–Crippen LogP) is 4.58. The van der Waals surface area contributed by atoms with E-state index in [4.69, 9.17) is 0 Å². The molecule has 162 valence electrons. The Balaban J connectivity index is 1.72. The first kappa shape index (κ1) is 20.3. The topological polar surface area (TPSA) is 79.8 Å². The highest BCUT2D eigenvalue weighted by Crippen LogP contribution is 2.40. The minimum atomic E-state index is -3.42. The Morgan fingerprint density at radius 1 is 1.10 bits per heavy atom. The summed E-state index contributed by atoms with van der Waals surface area (Å²) in [4.78, 5) is 7.99. The molecule has 2 N–H and O–H groups in total. The van der Waals surface area contributed by atoms with Gasteiger partial charge in [0.05, 0.1) is 11.9 Å². The maximum absolute atomic E-state index is 12.2. The van der Waals surface area contributed by atoms with Gasteiger partial charge in [0.2, 0.25) is 10.0 Å². The molecule has 1 aliphatic rings. The molecule has 31 heavy (non-hydrogen) atoms. The summed E-state index contributed by atoms with van der Waals surface area (Å²) >= 11 is 0. The highest BCUT2D eigenvalue weighted by molar-refractivity contribution is 7.89. The Morgan fingerprint density at radius 2 is 1.87 bits per heavy atom. The molecule has 0 amide bonds. The van der Waals surface area contributed by atoms with E-state index >= 15 is 0 Å². The van der Waals surface area contributed by atoms with Gasteiger partial charge in [-0.3, -0.25) is 0 Å². The van der Waals surface area contributed by atoms with Gasteiger partial charge in [0, 0.05) is 34.2 Å². The van der Waals surface area contributed by atoms with Crippen LogP contribution in [-0.2, 0) is 10.0 Å². The molecule has 3 aromatic heterocycles. The lowest BCUT2D eigenvalue weighted by molar-refractivity contribution is 0.460. The first-order chi connectivity index (χ1) is 14.8. The predicted molar refractivity (Wildman–Crippen MR) is 126 cm³/mol. The fourth-order valence-electron chi connectivity index (χ4n) is 4.95. The van der Waals surface area contributed by atoms with Crippen LogP contribution in [0.4, 0.5) is 0 Å². The number of aromatic nitrogens is 3. The van der Waals surface area contributed by atoms with Crippen LogP contribution in [0.15, 0.2) is 42.7 Å². The minimum Gasteiger partial charge on any atom is -0.354 e. The van der Waals surface area contributed by atoms with Crippen molar-refractivity contribution in [1.82, 2.24) is 19.3 Å². The molecule has 0 unspecified atom stereocenters. The molecule has 0 spiro atoms. The largest absolute Gasteiger partial charge is 0.354 e. The Labute approximate surface area is 182 Å². The second-order valence-corrected chi connectivity index (χ2v) is 10.7. The maximum Gasteiger partial charge on any atom is 0.237 e. The summed E-state index contributed by atoms with van der Waals surface area (Å²) in [5.41, 5.74) is 6.28. The number of benzene rings is 1. The molecular weight excluding hydrogens is 408 g/mol. The number of hydrogen-bond donors (Lipinski definition) is 2. The van der Waals surface area contributed by atoms with Gasteiger partial charge in [0.25, 0.3) is 0 Å². The monoisotopic (exact) mass is 436 g/mol. The molecule has 1 aliphatic heterocycles. The fraction of sp³-hybridized carbons (Fsp3) is 0.375. The number of rotatable bonds is 4. The van der Waals surface area contributed by atoms with Gasteiger partial charge in [-0.25, -0.2) is 17.4 Å². The standard InChI is InChI=1S/C24H28N4O2S/c1-15(2)22-20-14-17(16-6-10-25-11-7-16)4-5-21(20)27-23(22)18-8-12-26-24-19(18)9-13-28(24)31(3,29)30/h4-5,8-9,12-16,25,27H,6-7,10-11H2,1-3H3. The minimum absolute atomic E-state index is 0.312. The van der Waals surface area contributed by atoms with E-state index in [-0.39, 0.29) is 0 Å². The Kier molecular flexibility index (Phi) is 4.90. The highest BCUT2D eigenvalue weighted by Gasteiger charge is 2.22. The van der Waals surface area contributed by atoms with E-state index in [0.717, 1.165) is 35.2 Å². The van der Waals surface area contributed by atoms with E-state index in [9.17, 15) is 8.42 Å². The zero-order valence-corrected chi connectivity index (χ0v) is 19.0. The van der Waals surface area contributed by atoms with Crippen LogP contribution in [0.2, 0.25) is 0 Å². The van der Waals surface area contributed by atoms with E-state index in [1.54, 1.807) is 12.4 Å². The smallest absolute Gasteiger partial charge is 0.237 e. The van der Waals surface area contributed by atoms with Gasteiger partial charge < -0.3 is 10.3 Å². The first-order valence-electron chi connectivity index (χ1n) is 10.9. The van der Waals surface area contributed by atoms with Gasteiger partial charge in [0.1, 0.15) is 0 Å². The lowest BCUT2D eigenvalue weighted by atomic mass is 9.88. The Hall–Kier alpha value is -2.64. The van der Waals surface area contributed by atoms with Crippen LogP contribution in [0.3, 0.4) is 0 Å². The third-order valence-electron chi connectivity index (χ3n) is 6.43. The number of nitrogens with zero attached hydrogens (tertiary/aromatic N) is 2. The summed E-state index contributed by atoms with van der Waals surface area (Å²) in [7, 11) is -3.42. The number of pyridine rings is 1. The summed E-state index contributed by atoms with van der Waals surface area (Å²) in [5.74, 6) is 0.910. The Morgan fingerprint density at radius 3 is 2.58 bits per heavy atom. The SMILES string of the molecule is CC(C)c1c(-c2ccnc3c2ccn3S(C)(=O)=O)[nH]c2ccc(C3CCNCC3)cc12. The maximum atomic E-state index is 12.2. The Bertz CT molecular complexity index is 1380. The van der Waals surface area contributed by atoms with Gasteiger partial charge in [0.15, 0.2) is 5.65 Å². The second kappa shape index (κ2) is 7.50. The summed E-state index contributed by atoms with van der Waals surface area (Å²) in [5, 5.41) is 5.54. The van der Waals surface area contributed by atoms with Crippen molar-refractivity contribution < 1.29 is 8.42 Å². The third kappa shape index (κ3) is 3.46. The molecule has 1 saturated heterocycles. The van der Waals surface area contributed by atoms with Gasteiger partial charge in [-0.1, -0.05) is 19.9 Å². The number of hydrogen-bond acceptors (Lipinski definition) is 4. The number of H-pyrrole nitrogens is 1. The van der Waals surface area contributed by atoms with Crippen LogP contribution in [0.5, 0.6) is 0 Å². The number of piperidine rings is 1. The summed E-state index contributed by atoms with van der Waals surface area (Å²) in [6, 6.07) is 10.6. The molecule has 6 nitrogen and oxygen atoms in total. The summed E-state index contributed by atoms with van der Waals surface area (Å²) < 4.78 is 25.6. The van der Waals surface area contributed by atoms with Crippen molar-refractivity contribution in [2.75, 3.05) is 19.3 Å². The van der Waals surface area contributed by atoms with Crippen molar-refractivity contribution in [3.8, 4) is 11.3 Å². The molecule has 0 radical (unpaired) electrons. The van der Waals surface area contributed by atoms with Crippen molar-refractivity contribution in [3.05, 3.63) is 53.9 Å². The quantitative estimate of drug-likeness (QED) is 0.491. The van der Waals surface area contributed by atoms with Gasteiger partial charge >= 0.3 is 0 Å². The van der Waals surface area contributed by atoms with Gasteiger partial charge in [-0.2, -0.15) is 0 Å². The van der Waals surface area contributed by atoms with E-state index in [0.29, 0.717) is 17.5 Å². The number of nitrogens with one attached hydrogen (secondary N) is 2. The molecule has 1 aromatic carbocycles. The molecule has 0 bridgehead atoms. The first-order valence-corrected chi connectivity index (χ1v) is 12.7. The normalized spacial score (nSPS) is 16.0. The van der Waals surface area contributed by atoms with Crippen molar-refractivity contribution in [2.45, 2.75) is 38.5 Å². The van der Waals surface area contributed by atoms with Crippen LogP contribution >= 0.6 is 0 Å².